The summed E-state index contributed by atoms with van der Waals surface area (Å²) in [6.07, 6.45) is 8.41. The topological polar surface area (TPSA) is 56.4 Å². The molecule has 0 atom stereocenters. The molecule has 0 aliphatic rings. The van der Waals surface area contributed by atoms with Crippen LogP contribution in [0.3, 0.4) is 0 Å². The molecule has 282 valence electrons. The van der Waals surface area contributed by atoms with Crippen molar-refractivity contribution < 1.29 is 0 Å². The first-order valence-corrected chi connectivity index (χ1v) is 20.5. The quantitative estimate of drug-likeness (QED) is 0.158. The van der Waals surface area contributed by atoms with Gasteiger partial charge in [-0.25, -0.2) is 0 Å². The largest absolute Gasteiger partial charge is 0.307 e. The molecule has 0 unspecified atom stereocenters. The Hall–Kier alpha value is -8.44. The van der Waals surface area contributed by atoms with Crippen molar-refractivity contribution in [1.82, 2.24) is 8.80 Å². The molecule has 12 aromatic rings. The van der Waals surface area contributed by atoms with Gasteiger partial charge >= 0.3 is 0 Å². The van der Waals surface area contributed by atoms with Crippen LogP contribution < -0.4 is 0 Å². The summed E-state index contributed by atoms with van der Waals surface area (Å²) in [6.45, 7) is 6.32. The zero-order chi connectivity index (χ0) is 40.9. The van der Waals surface area contributed by atoms with Gasteiger partial charge in [-0.15, -0.1) is 0 Å². The van der Waals surface area contributed by atoms with Gasteiger partial charge in [0, 0.05) is 54.2 Å². The summed E-state index contributed by atoms with van der Waals surface area (Å²) in [5.74, 6) is 0. The minimum atomic E-state index is 0.642. The lowest BCUT2D eigenvalue weighted by Crippen LogP contribution is -1.95. The van der Waals surface area contributed by atoms with Gasteiger partial charge in [0.2, 0.25) is 0 Å². The van der Waals surface area contributed by atoms with E-state index in [4.69, 9.17) is 0 Å². The van der Waals surface area contributed by atoms with Crippen LogP contribution in [-0.4, -0.2) is 8.80 Å². The Balaban J connectivity index is 1.39. The van der Waals surface area contributed by atoms with Crippen LogP contribution in [0.4, 0.5) is 0 Å². The third kappa shape index (κ3) is 4.62. The van der Waals surface area contributed by atoms with Crippen LogP contribution in [0.15, 0.2) is 183 Å². The Morgan fingerprint density at radius 2 is 1.00 bits per heavy atom. The molecule has 0 saturated heterocycles. The van der Waals surface area contributed by atoms with Crippen LogP contribution in [0.2, 0.25) is 0 Å². The Morgan fingerprint density at radius 3 is 1.52 bits per heavy atom. The van der Waals surface area contributed by atoms with E-state index < -0.39 is 0 Å². The van der Waals surface area contributed by atoms with Crippen molar-refractivity contribution in [3.63, 3.8) is 0 Å². The standard InChI is InChI=1S/C57H34N4/c1-3-12-38(13-4-2)48-52-44-30-28-40(36-24-20-34(32-58)21-25-36)50-43-17-9-11-19-47(43)61(54(44)50)57(52)49(39-14-6-5-7-15-39)53-45-31-29-41(37-26-22-35(33-59)23-27-37)51-42-16-8-10-18-46(42)60(55(45)51)56(48)53/h3-31H,1H2,2H3/b13-4-,38-12+. The van der Waals surface area contributed by atoms with Crippen LogP contribution >= 0.6 is 0 Å². The summed E-state index contributed by atoms with van der Waals surface area (Å²) < 4.78 is 5.06. The van der Waals surface area contributed by atoms with Gasteiger partial charge in [-0.2, -0.15) is 10.5 Å². The Morgan fingerprint density at radius 1 is 0.492 bits per heavy atom. The lowest BCUT2D eigenvalue weighted by Gasteiger charge is -2.16. The van der Waals surface area contributed by atoms with Gasteiger partial charge in [-0.05, 0) is 76.7 Å². The van der Waals surface area contributed by atoms with Crippen molar-refractivity contribution in [3.05, 3.63) is 199 Å². The third-order valence-corrected chi connectivity index (χ3v) is 12.7. The summed E-state index contributed by atoms with van der Waals surface area (Å²) in [4.78, 5) is 0. The Kier molecular flexibility index (Phi) is 7.39. The van der Waals surface area contributed by atoms with Crippen LogP contribution in [0.1, 0.15) is 23.6 Å². The van der Waals surface area contributed by atoms with Crippen molar-refractivity contribution in [1.29, 1.82) is 10.5 Å². The molecule has 0 saturated carbocycles. The second-order valence-electron chi connectivity index (χ2n) is 15.8. The number of allylic oxidation sites excluding steroid dienone is 5. The number of benzene rings is 8. The highest BCUT2D eigenvalue weighted by atomic mass is 14.9. The van der Waals surface area contributed by atoms with Gasteiger partial charge < -0.3 is 8.80 Å². The lowest BCUT2D eigenvalue weighted by atomic mass is 9.88. The van der Waals surface area contributed by atoms with E-state index in [0.29, 0.717) is 11.1 Å². The molecule has 0 amide bonds. The molecule has 4 nitrogen and oxygen atoms in total. The molecule has 0 aliphatic carbocycles. The van der Waals surface area contributed by atoms with Crippen molar-refractivity contribution >= 4 is 81.8 Å². The summed E-state index contributed by atoms with van der Waals surface area (Å²) in [7, 11) is 0. The predicted octanol–water partition coefficient (Wildman–Crippen LogP) is 14.9. The molecule has 4 aromatic heterocycles. The fraction of sp³-hybridized carbons (Fsp3) is 0.0175. The fourth-order valence-electron chi connectivity index (χ4n) is 10.4. The van der Waals surface area contributed by atoms with E-state index in [9.17, 15) is 10.5 Å². The first-order chi connectivity index (χ1) is 30.1. The second-order valence-corrected chi connectivity index (χ2v) is 15.8. The molecule has 8 aromatic carbocycles. The summed E-state index contributed by atoms with van der Waals surface area (Å²) in [6, 6.07) is 58.2. The van der Waals surface area contributed by atoms with E-state index in [1.165, 1.54) is 59.7 Å². The second kappa shape index (κ2) is 13.0. The average Bonchev–Trinajstić information content (AvgIpc) is 4.05. The Bertz CT molecular complexity index is 3870. The van der Waals surface area contributed by atoms with E-state index in [1.807, 2.05) is 30.3 Å². The van der Waals surface area contributed by atoms with Gasteiger partial charge in [0.25, 0.3) is 0 Å². The number of rotatable bonds is 6. The zero-order valence-electron chi connectivity index (χ0n) is 33.2. The van der Waals surface area contributed by atoms with Gasteiger partial charge in [0.05, 0.1) is 56.4 Å². The molecule has 0 fully saturated rings. The molecule has 0 radical (unpaired) electrons. The maximum Gasteiger partial charge on any atom is 0.0991 e. The van der Waals surface area contributed by atoms with Crippen molar-refractivity contribution in [2.45, 2.75) is 6.92 Å². The number of nitrogens with zero attached hydrogens (tertiary/aromatic N) is 4. The highest BCUT2D eigenvalue weighted by molar-refractivity contribution is 6.38. The van der Waals surface area contributed by atoms with Gasteiger partial charge in [-0.1, -0.05) is 146 Å². The number of fused-ring (bicyclic) bond motifs is 12. The SMILES string of the molecule is C=C/C=C(\C=C/C)c1c2c3ccc(-c4ccc(C#N)cc4)c4c5ccccc5n(c2c(-c2ccccc2)c2c5ccc(-c6ccc(C#N)cc6)c6c7ccccc7n(c12)c56)c34. The highest BCUT2D eigenvalue weighted by Crippen LogP contribution is 2.54. The minimum absolute atomic E-state index is 0.642. The van der Waals surface area contributed by atoms with Gasteiger partial charge in [-0.3, -0.25) is 0 Å². The third-order valence-electron chi connectivity index (χ3n) is 12.7. The summed E-state index contributed by atoms with van der Waals surface area (Å²) in [5.41, 5.74) is 17.2. The number of nitriles is 2. The van der Waals surface area contributed by atoms with Crippen LogP contribution in [0.5, 0.6) is 0 Å². The van der Waals surface area contributed by atoms with E-state index in [2.05, 4.69) is 180 Å². The fourth-order valence-corrected chi connectivity index (χ4v) is 10.4. The first kappa shape index (κ1) is 34.6. The van der Waals surface area contributed by atoms with Gasteiger partial charge in [0.15, 0.2) is 0 Å². The van der Waals surface area contributed by atoms with Crippen LogP contribution in [0, 0.1) is 22.7 Å². The molecule has 0 N–H and O–H groups in total. The van der Waals surface area contributed by atoms with Crippen molar-refractivity contribution in [2.24, 2.45) is 0 Å². The average molecular weight is 775 g/mol. The molecular weight excluding hydrogens is 741 g/mol. The van der Waals surface area contributed by atoms with E-state index in [1.54, 1.807) is 0 Å². The zero-order valence-corrected chi connectivity index (χ0v) is 33.2. The maximum atomic E-state index is 9.65. The van der Waals surface area contributed by atoms with E-state index in [-0.39, 0.29) is 0 Å². The van der Waals surface area contributed by atoms with Crippen LogP contribution in [0.25, 0.3) is 115 Å². The molecule has 0 bridgehead atoms. The molecule has 12 rings (SSSR count). The number of hydrogen-bond acceptors (Lipinski definition) is 2. The summed E-state index contributed by atoms with van der Waals surface area (Å²) >= 11 is 0. The molecule has 0 spiro atoms. The molecular formula is C57H34N4. The summed E-state index contributed by atoms with van der Waals surface area (Å²) in [5, 5.41) is 28.8. The van der Waals surface area contributed by atoms with Gasteiger partial charge in [0.1, 0.15) is 0 Å². The Labute approximate surface area is 351 Å². The molecule has 4 heteroatoms. The number of aromatic nitrogens is 2. The van der Waals surface area contributed by atoms with E-state index >= 15 is 0 Å². The minimum Gasteiger partial charge on any atom is -0.307 e. The van der Waals surface area contributed by atoms with Crippen molar-refractivity contribution in [3.8, 4) is 45.5 Å². The highest BCUT2D eigenvalue weighted by Gasteiger charge is 2.32. The number of hydrogen-bond donors (Lipinski definition) is 0. The smallest absolute Gasteiger partial charge is 0.0991 e. The monoisotopic (exact) mass is 774 g/mol. The van der Waals surface area contributed by atoms with Crippen molar-refractivity contribution in [2.75, 3.05) is 0 Å². The normalized spacial score (nSPS) is 12.4. The maximum absolute atomic E-state index is 9.65. The molecule has 0 aliphatic heterocycles. The molecule has 61 heavy (non-hydrogen) atoms. The van der Waals surface area contributed by atoms with Crippen LogP contribution in [-0.2, 0) is 0 Å². The first-order valence-electron chi connectivity index (χ1n) is 20.5. The predicted molar refractivity (Wildman–Crippen MR) is 254 cm³/mol. The lowest BCUT2D eigenvalue weighted by molar-refractivity contribution is 1.35. The van der Waals surface area contributed by atoms with E-state index in [0.717, 1.165) is 61.0 Å². The molecule has 4 heterocycles. The number of para-hydroxylation sites is 2.